The first-order valence-corrected chi connectivity index (χ1v) is 9.39. The van der Waals surface area contributed by atoms with Crippen LogP contribution in [0.1, 0.15) is 34.4 Å². The topological polar surface area (TPSA) is 35.1 Å². The van der Waals surface area contributed by atoms with Gasteiger partial charge in [0.25, 0.3) is 0 Å². The van der Waals surface area contributed by atoms with Crippen LogP contribution in [0.3, 0.4) is 0 Å². The first-order chi connectivity index (χ1) is 13.3. The summed E-state index contributed by atoms with van der Waals surface area (Å²) < 4.78 is 8.13. The number of rotatable bonds is 3. The van der Waals surface area contributed by atoms with Crippen molar-refractivity contribution in [2.45, 2.75) is 18.3 Å². The van der Waals surface area contributed by atoms with Crippen molar-refractivity contribution in [1.82, 2.24) is 4.57 Å². The van der Waals surface area contributed by atoms with Gasteiger partial charge in [-0.25, -0.2) is 0 Å². The van der Waals surface area contributed by atoms with Gasteiger partial charge in [0.15, 0.2) is 0 Å². The Balaban J connectivity index is 1.80. The fraction of sp³-hybridized carbons (Fsp3) is 0.208. The van der Waals surface area contributed by atoms with Crippen LogP contribution in [-0.4, -0.2) is 10.9 Å². The van der Waals surface area contributed by atoms with E-state index < -0.39 is 0 Å². The van der Waals surface area contributed by atoms with Gasteiger partial charge < -0.3 is 13.8 Å². The highest BCUT2D eigenvalue weighted by Gasteiger charge is 2.42. The molecule has 2 heterocycles. The van der Waals surface area contributed by atoms with Crippen LogP contribution in [0.25, 0.3) is 10.9 Å². The summed E-state index contributed by atoms with van der Waals surface area (Å²) in [4.78, 5) is 12.4. The SMILES string of the molecule is Cn1c2c(c3ccccc31)[C@@H](c1ccco1)[C@H](C=O)[C@H](c1ccccc1)C2. The lowest BCUT2D eigenvalue weighted by Gasteiger charge is -2.35. The van der Waals surface area contributed by atoms with Gasteiger partial charge in [0.05, 0.1) is 12.2 Å². The molecule has 0 fully saturated rings. The van der Waals surface area contributed by atoms with Gasteiger partial charge in [-0.05, 0) is 41.7 Å². The number of fused-ring (bicyclic) bond motifs is 3. The summed E-state index contributed by atoms with van der Waals surface area (Å²) in [5.41, 5.74) is 4.95. The maximum Gasteiger partial charge on any atom is 0.124 e. The third-order valence-electron chi connectivity index (χ3n) is 6.08. The van der Waals surface area contributed by atoms with Crippen LogP contribution in [0.4, 0.5) is 0 Å². The molecule has 0 amide bonds. The summed E-state index contributed by atoms with van der Waals surface area (Å²) in [6, 6.07) is 22.8. The zero-order chi connectivity index (χ0) is 18.4. The number of carbonyl (C=O) groups is 1. The van der Waals surface area contributed by atoms with E-state index >= 15 is 0 Å². The van der Waals surface area contributed by atoms with Gasteiger partial charge >= 0.3 is 0 Å². The molecule has 0 radical (unpaired) electrons. The highest BCUT2D eigenvalue weighted by atomic mass is 16.3. The number of carbonyl (C=O) groups excluding carboxylic acids is 1. The van der Waals surface area contributed by atoms with Crippen LogP contribution in [0.15, 0.2) is 77.4 Å². The van der Waals surface area contributed by atoms with Crippen molar-refractivity contribution < 1.29 is 9.21 Å². The first kappa shape index (κ1) is 16.1. The smallest absolute Gasteiger partial charge is 0.124 e. The second kappa shape index (κ2) is 6.27. The van der Waals surface area contributed by atoms with Crippen LogP contribution in [0, 0.1) is 5.92 Å². The molecule has 0 unspecified atom stereocenters. The Kier molecular flexibility index (Phi) is 3.75. The molecule has 2 aromatic heterocycles. The summed E-state index contributed by atoms with van der Waals surface area (Å²) in [6.45, 7) is 0. The van der Waals surface area contributed by atoms with Crippen molar-refractivity contribution in [2.24, 2.45) is 13.0 Å². The molecule has 2 aromatic carbocycles. The lowest BCUT2D eigenvalue weighted by atomic mass is 9.67. The fourth-order valence-corrected chi connectivity index (χ4v) is 4.85. The summed E-state index contributed by atoms with van der Waals surface area (Å²) >= 11 is 0. The van der Waals surface area contributed by atoms with Gasteiger partial charge in [0.2, 0.25) is 0 Å². The molecule has 4 aromatic rings. The highest BCUT2D eigenvalue weighted by Crippen LogP contribution is 2.50. The largest absolute Gasteiger partial charge is 0.469 e. The van der Waals surface area contributed by atoms with E-state index in [0.29, 0.717) is 0 Å². The Morgan fingerprint density at radius 3 is 2.52 bits per heavy atom. The first-order valence-electron chi connectivity index (χ1n) is 9.39. The van der Waals surface area contributed by atoms with E-state index in [0.717, 1.165) is 18.5 Å². The molecule has 3 heteroatoms. The van der Waals surface area contributed by atoms with Gasteiger partial charge in [-0.3, -0.25) is 0 Å². The van der Waals surface area contributed by atoms with E-state index in [1.54, 1.807) is 6.26 Å². The molecule has 5 rings (SSSR count). The minimum Gasteiger partial charge on any atom is -0.469 e. The van der Waals surface area contributed by atoms with Gasteiger partial charge in [-0.1, -0.05) is 48.5 Å². The number of furan rings is 1. The van der Waals surface area contributed by atoms with Crippen molar-refractivity contribution >= 4 is 17.2 Å². The summed E-state index contributed by atoms with van der Waals surface area (Å²) in [7, 11) is 2.13. The van der Waals surface area contributed by atoms with E-state index in [2.05, 4.69) is 60.1 Å². The van der Waals surface area contributed by atoms with Crippen molar-refractivity contribution in [3.8, 4) is 0 Å². The van der Waals surface area contributed by atoms with E-state index in [1.165, 1.54) is 27.7 Å². The third-order valence-corrected chi connectivity index (χ3v) is 6.08. The minimum atomic E-state index is -0.156. The number of aryl methyl sites for hydroxylation is 1. The molecule has 0 saturated carbocycles. The highest BCUT2D eigenvalue weighted by molar-refractivity contribution is 5.88. The summed E-state index contributed by atoms with van der Waals surface area (Å²) in [5.74, 6) is 0.772. The zero-order valence-corrected chi connectivity index (χ0v) is 15.2. The van der Waals surface area contributed by atoms with E-state index in [-0.39, 0.29) is 17.8 Å². The lowest BCUT2D eigenvalue weighted by Crippen LogP contribution is -2.30. The molecule has 0 bridgehead atoms. The number of para-hydroxylation sites is 1. The van der Waals surface area contributed by atoms with Crippen molar-refractivity contribution in [3.05, 3.63) is 95.6 Å². The second-order valence-electron chi connectivity index (χ2n) is 7.36. The molecule has 0 aliphatic heterocycles. The number of aromatic nitrogens is 1. The van der Waals surface area contributed by atoms with Gasteiger partial charge in [-0.15, -0.1) is 0 Å². The molecule has 3 atom stereocenters. The Morgan fingerprint density at radius 2 is 1.78 bits per heavy atom. The molecule has 134 valence electrons. The Labute approximate surface area is 158 Å². The average Bonchev–Trinajstić information content (AvgIpc) is 3.35. The van der Waals surface area contributed by atoms with Gasteiger partial charge in [-0.2, -0.15) is 0 Å². The van der Waals surface area contributed by atoms with E-state index in [4.69, 9.17) is 4.42 Å². The average molecular weight is 355 g/mol. The molecule has 1 aliphatic rings. The minimum absolute atomic E-state index is 0.0717. The number of hydrogen-bond donors (Lipinski definition) is 0. The van der Waals surface area contributed by atoms with Gasteiger partial charge in [0.1, 0.15) is 12.0 Å². The number of benzene rings is 2. The number of nitrogens with zero attached hydrogens (tertiary/aromatic N) is 1. The van der Waals surface area contributed by atoms with Crippen LogP contribution in [0.5, 0.6) is 0 Å². The van der Waals surface area contributed by atoms with Crippen LogP contribution in [0.2, 0.25) is 0 Å². The predicted octanol–water partition coefficient (Wildman–Crippen LogP) is 5.06. The number of hydrogen-bond acceptors (Lipinski definition) is 2. The van der Waals surface area contributed by atoms with E-state index in [1.807, 2.05) is 18.2 Å². The normalized spacial score (nSPS) is 21.9. The Hall–Kier alpha value is -3.07. The Morgan fingerprint density at radius 1 is 1.00 bits per heavy atom. The molecular formula is C24H21NO2. The van der Waals surface area contributed by atoms with Crippen LogP contribution < -0.4 is 0 Å². The fourth-order valence-electron chi connectivity index (χ4n) is 4.85. The van der Waals surface area contributed by atoms with Crippen molar-refractivity contribution in [2.75, 3.05) is 0 Å². The monoisotopic (exact) mass is 355 g/mol. The second-order valence-corrected chi connectivity index (χ2v) is 7.36. The molecular weight excluding hydrogens is 334 g/mol. The number of aldehydes is 1. The molecule has 0 saturated heterocycles. The quantitative estimate of drug-likeness (QED) is 0.482. The molecule has 0 N–H and O–H groups in total. The van der Waals surface area contributed by atoms with Crippen molar-refractivity contribution in [1.29, 1.82) is 0 Å². The predicted molar refractivity (Wildman–Crippen MR) is 106 cm³/mol. The van der Waals surface area contributed by atoms with Crippen molar-refractivity contribution in [3.63, 3.8) is 0 Å². The standard InChI is InChI=1S/C24H21NO2/c1-25-20-11-6-5-10-17(20)23-21(25)14-18(16-8-3-2-4-9-16)19(15-26)24(23)22-12-7-13-27-22/h2-13,15,18-19,24H,14H2,1H3/t18-,19+,24+/m0/s1. The van der Waals surface area contributed by atoms with Crippen LogP contribution in [-0.2, 0) is 18.3 Å². The summed E-state index contributed by atoms with van der Waals surface area (Å²) in [5, 5.41) is 1.22. The Bertz CT molecular complexity index is 1090. The third kappa shape index (κ3) is 2.38. The molecule has 27 heavy (non-hydrogen) atoms. The van der Waals surface area contributed by atoms with Gasteiger partial charge in [0, 0.05) is 29.6 Å². The van der Waals surface area contributed by atoms with Crippen LogP contribution >= 0.6 is 0 Å². The molecule has 1 aliphatic carbocycles. The molecule has 0 spiro atoms. The summed E-state index contributed by atoms with van der Waals surface area (Å²) in [6.07, 6.45) is 3.69. The zero-order valence-electron chi connectivity index (χ0n) is 15.2. The lowest BCUT2D eigenvalue weighted by molar-refractivity contribution is -0.112. The molecule has 3 nitrogen and oxygen atoms in total. The maximum absolute atomic E-state index is 12.4. The van der Waals surface area contributed by atoms with E-state index in [9.17, 15) is 4.79 Å². The maximum atomic E-state index is 12.4.